The van der Waals surface area contributed by atoms with Crippen LogP contribution in [0.1, 0.15) is 26.8 Å². The molecule has 0 aromatic heterocycles. The van der Waals surface area contributed by atoms with E-state index in [2.05, 4.69) is 11.4 Å². The van der Waals surface area contributed by atoms with Gasteiger partial charge < -0.3 is 15.0 Å². The minimum atomic E-state index is 0. The molecule has 1 fully saturated rings. The van der Waals surface area contributed by atoms with Gasteiger partial charge in [-0.15, -0.1) is 0 Å². The Labute approximate surface area is 120 Å². The molecule has 2 rings (SSSR count). The summed E-state index contributed by atoms with van der Waals surface area (Å²) in [5, 5.41) is 11.5. The van der Waals surface area contributed by atoms with Crippen LogP contribution in [0.3, 0.4) is 0 Å². The zero-order chi connectivity index (χ0) is 14.4. The van der Waals surface area contributed by atoms with Crippen molar-refractivity contribution >= 4 is 6.03 Å². The summed E-state index contributed by atoms with van der Waals surface area (Å²) in [5.74, 6) is 0.778. The molecule has 0 saturated carbocycles. The van der Waals surface area contributed by atoms with E-state index in [1.54, 1.807) is 12.1 Å². The fourth-order valence-electron chi connectivity index (χ4n) is 2.24. The predicted octanol–water partition coefficient (Wildman–Crippen LogP) is 2.38. The van der Waals surface area contributed by atoms with E-state index < -0.39 is 0 Å². The Morgan fingerprint density at radius 3 is 2.65 bits per heavy atom. The highest BCUT2D eigenvalue weighted by Gasteiger charge is 2.23. The van der Waals surface area contributed by atoms with Gasteiger partial charge in [-0.1, -0.05) is 0 Å². The van der Waals surface area contributed by atoms with Crippen molar-refractivity contribution in [3.63, 3.8) is 0 Å². The minimum Gasteiger partial charge on any atom is -0.490 e. The Hall–Kier alpha value is -2.22. The maximum Gasteiger partial charge on any atom is 0.317 e. The van der Waals surface area contributed by atoms with Gasteiger partial charge in [0.15, 0.2) is 0 Å². The quantitative estimate of drug-likeness (QED) is 0.921. The molecule has 1 N–H and O–H groups in total. The molecule has 0 atom stereocenters. The number of urea groups is 1. The van der Waals surface area contributed by atoms with Crippen molar-refractivity contribution in [3.05, 3.63) is 29.8 Å². The van der Waals surface area contributed by atoms with Crippen LogP contribution < -0.4 is 10.1 Å². The van der Waals surface area contributed by atoms with Crippen molar-refractivity contribution < 1.29 is 11.0 Å². The lowest BCUT2D eigenvalue weighted by atomic mass is 10.1. The molecule has 0 bridgehead atoms. The molecule has 0 aliphatic carbocycles. The molecule has 1 aromatic rings. The molecule has 1 saturated heterocycles. The smallest absolute Gasteiger partial charge is 0.317 e. The first kappa shape index (κ1) is 14.2. The molecule has 1 aliphatic rings. The number of nitrogens with zero attached hydrogens (tertiary/aromatic N) is 2. The molecular weight excluding hydrogens is 254 g/mol. The average molecular weight is 275 g/mol. The minimum absolute atomic E-state index is 0. The third-order valence-electron chi connectivity index (χ3n) is 3.34. The number of hydrogen-bond donors (Lipinski definition) is 1. The molecule has 0 unspecified atom stereocenters. The van der Waals surface area contributed by atoms with E-state index in [1.165, 1.54) is 0 Å². The molecule has 1 heterocycles. The number of likely N-dealkylation sites (tertiary alicyclic amines) is 1. The number of carbonyl (C=O) groups excluding carboxylic acids is 1. The normalized spacial score (nSPS) is 15.5. The van der Waals surface area contributed by atoms with Crippen molar-refractivity contribution in [3.8, 4) is 11.8 Å². The van der Waals surface area contributed by atoms with Gasteiger partial charge in [-0.05, 0) is 31.2 Å². The van der Waals surface area contributed by atoms with Gasteiger partial charge >= 0.3 is 6.03 Å². The molecule has 2 amide bonds. The van der Waals surface area contributed by atoms with E-state index >= 15 is 0 Å². The zero-order valence-corrected chi connectivity index (χ0v) is 11.6. The number of benzene rings is 1. The van der Waals surface area contributed by atoms with E-state index in [0.29, 0.717) is 25.2 Å². The first-order valence-corrected chi connectivity index (χ1v) is 6.92. The van der Waals surface area contributed by atoms with Gasteiger partial charge in [0.25, 0.3) is 0 Å². The summed E-state index contributed by atoms with van der Waals surface area (Å²) in [6.07, 6.45) is 1.79. The van der Waals surface area contributed by atoms with Gasteiger partial charge in [0.2, 0.25) is 0 Å². The fraction of sp³-hybridized carbons (Fsp3) is 0.467. The second kappa shape index (κ2) is 6.80. The van der Waals surface area contributed by atoms with E-state index in [-0.39, 0.29) is 13.6 Å². The predicted molar refractivity (Wildman–Crippen MR) is 77.6 cm³/mol. The number of hydrogen-bond acceptors (Lipinski definition) is 3. The van der Waals surface area contributed by atoms with Gasteiger partial charge in [-0.3, -0.25) is 0 Å². The maximum absolute atomic E-state index is 11.7. The SMILES string of the molecule is CCNC(=O)N1CCC(Oc2ccc(C#N)cc2)CC1.[HH]. The number of rotatable bonds is 3. The van der Waals surface area contributed by atoms with Crippen LogP contribution >= 0.6 is 0 Å². The molecule has 108 valence electrons. The Kier molecular flexibility index (Phi) is 4.83. The Bertz CT molecular complexity index is 491. The monoisotopic (exact) mass is 275 g/mol. The van der Waals surface area contributed by atoms with Gasteiger partial charge in [0.1, 0.15) is 11.9 Å². The highest BCUT2D eigenvalue weighted by atomic mass is 16.5. The number of amides is 2. The van der Waals surface area contributed by atoms with E-state index in [1.807, 2.05) is 24.0 Å². The third-order valence-corrected chi connectivity index (χ3v) is 3.34. The number of ether oxygens (including phenoxy) is 1. The summed E-state index contributed by atoms with van der Waals surface area (Å²) in [7, 11) is 0. The number of piperidine rings is 1. The third kappa shape index (κ3) is 3.64. The lowest BCUT2D eigenvalue weighted by molar-refractivity contribution is 0.111. The van der Waals surface area contributed by atoms with Crippen molar-refractivity contribution in [2.24, 2.45) is 0 Å². The van der Waals surface area contributed by atoms with Crippen LogP contribution in [0.25, 0.3) is 0 Å². The van der Waals surface area contributed by atoms with Crippen molar-refractivity contribution in [2.45, 2.75) is 25.9 Å². The summed E-state index contributed by atoms with van der Waals surface area (Å²) in [6.45, 7) is 4.00. The van der Waals surface area contributed by atoms with Crippen LogP contribution in [0.15, 0.2) is 24.3 Å². The van der Waals surface area contributed by atoms with Gasteiger partial charge in [0.05, 0.1) is 11.6 Å². The standard InChI is InChI=1S/C15H19N3O2.H2/c1-2-17-15(19)18-9-7-14(8-10-18)20-13-5-3-12(11-16)4-6-13;/h3-6,14H,2,7-10H2,1H3,(H,17,19);1H. The molecule has 5 nitrogen and oxygen atoms in total. The number of carbonyl (C=O) groups is 1. The molecular formula is C15H21N3O2. The van der Waals surface area contributed by atoms with Crippen LogP contribution in [0.2, 0.25) is 0 Å². The topological polar surface area (TPSA) is 65.4 Å². The maximum atomic E-state index is 11.7. The zero-order valence-electron chi connectivity index (χ0n) is 11.6. The molecule has 20 heavy (non-hydrogen) atoms. The van der Waals surface area contributed by atoms with Crippen LogP contribution in [-0.4, -0.2) is 36.7 Å². The Balaban J connectivity index is 0.00000220. The van der Waals surface area contributed by atoms with E-state index in [4.69, 9.17) is 10.00 Å². The van der Waals surface area contributed by atoms with E-state index in [9.17, 15) is 4.79 Å². The Morgan fingerprint density at radius 2 is 2.10 bits per heavy atom. The van der Waals surface area contributed by atoms with Gasteiger partial charge in [0, 0.05) is 33.9 Å². The largest absolute Gasteiger partial charge is 0.490 e. The first-order chi connectivity index (χ1) is 9.72. The van der Waals surface area contributed by atoms with Crippen molar-refractivity contribution in [1.82, 2.24) is 10.2 Å². The highest BCUT2D eigenvalue weighted by molar-refractivity contribution is 5.74. The van der Waals surface area contributed by atoms with Crippen LogP contribution in [0.4, 0.5) is 4.79 Å². The molecule has 5 heteroatoms. The van der Waals surface area contributed by atoms with Crippen LogP contribution in [-0.2, 0) is 0 Å². The van der Waals surface area contributed by atoms with Gasteiger partial charge in [-0.25, -0.2) is 4.79 Å². The second-order valence-electron chi connectivity index (χ2n) is 4.78. The van der Waals surface area contributed by atoms with Crippen molar-refractivity contribution in [1.29, 1.82) is 5.26 Å². The Morgan fingerprint density at radius 1 is 1.45 bits per heavy atom. The number of nitrogens with one attached hydrogen (secondary N) is 1. The molecule has 1 aliphatic heterocycles. The second-order valence-corrected chi connectivity index (χ2v) is 4.78. The summed E-state index contributed by atoms with van der Waals surface area (Å²) >= 11 is 0. The average Bonchev–Trinajstić information content (AvgIpc) is 2.49. The summed E-state index contributed by atoms with van der Waals surface area (Å²) < 4.78 is 5.88. The molecule has 1 aromatic carbocycles. The highest BCUT2D eigenvalue weighted by Crippen LogP contribution is 2.19. The van der Waals surface area contributed by atoms with Gasteiger partial charge in [-0.2, -0.15) is 5.26 Å². The molecule has 0 spiro atoms. The fourth-order valence-corrected chi connectivity index (χ4v) is 2.24. The lowest BCUT2D eigenvalue weighted by Crippen LogP contribution is -2.46. The van der Waals surface area contributed by atoms with Crippen LogP contribution in [0, 0.1) is 11.3 Å². The van der Waals surface area contributed by atoms with E-state index in [0.717, 1.165) is 18.6 Å². The van der Waals surface area contributed by atoms with Crippen LogP contribution in [0.5, 0.6) is 5.75 Å². The molecule has 0 radical (unpaired) electrons. The number of nitriles is 1. The lowest BCUT2D eigenvalue weighted by Gasteiger charge is -2.32. The van der Waals surface area contributed by atoms with Crippen molar-refractivity contribution in [2.75, 3.05) is 19.6 Å². The summed E-state index contributed by atoms with van der Waals surface area (Å²) in [6, 6.07) is 9.21. The summed E-state index contributed by atoms with van der Waals surface area (Å²) in [4.78, 5) is 13.5. The first-order valence-electron chi connectivity index (χ1n) is 6.92. The summed E-state index contributed by atoms with van der Waals surface area (Å²) in [5.41, 5.74) is 0.628.